The summed E-state index contributed by atoms with van der Waals surface area (Å²) in [7, 11) is 0. The van der Waals surface area contributed by atoms with Crippen LogP contribution in [0.2, 0.25) is 0 Å². The van der Waals surface area contributed by atoms with E-state index in [1.165, 1.54) is 6.42 Å². The fraction of sp³-hybridized carbons (Fsp3) is 0.444. The van der Waals surface area contributed by atoms with Crippen LogP contribution in [0.15, 0.2) is 18.2 Å². The van der Waals surface area contributed by atoms with Gasteiger partial charge in [-0.25, -0.2) is 12.2 Å². The summed E-state index contributed by atoms with van der Waals surface area (Å²) < 4.78 is 0. The van der Waals surface area contributed by atoms with Crippen molar-refractivity contribution in [1.29, 1.82) is 0 Å². The molecule has 0 bridgehead atoms. The van der Waals surface area contributed by atoms with E-state index in [-0.39, 0.29) is 97.8 Å². The summed E-state index contributed by atoms with van der Waals surface area (Å²) in [5.74, 6) is 0. The molecular formula is C9H14HfI3-5. The number of unbranched alkanes of at least 4 members (excludes halogenated alkanes) is 1. The maximum atomic E-state index is 3.60. The van der Waals surface area contributed by atoms with Crippen molar-refractivity contribution in [3.05, 3.63) is 31.2 Å². The predicted octanol–water partition coefficient (Wildman–Crippen LogP) is -6.06. The van der Waals surface area contributed by atoms with Gasteiger partial charge in [-0.1, -0.05) is 13.3 Å². The van der Waals surface area contributed by atoms with Gasteiger partial charge in [-0.05, 0) is 0 Å². The first-order chi connectivity index (χ1) is 4.41. The molecule has 0 saturated carbocycles. The van der Waals surface area contributed by atoms with E-state index in [0.29, 0.717) is 0 Å². The van der Waals surface area contributed by atoms with Crippen LogP contribution in [0.4, 0.5) is 0 Å². The molecule has 0 atom stereocenters. The number of allylic oxidation sites excluding steroid dienone is 4. The van der Waals surface area contributed by atoms with Crippen molar-refractivity contribution in [2.45, 2.75) is 26.2 Å². The van der Waals surface area contributed by atoms with Crippen LogP contribution >= 0.6 is 0 Å². The van der Waals surface area contributed by atoms with Gasteiger partial charge in [0.1, 0.15) is 0 Å². The SMILES string of the molecule is [C-]1=CC=CC1.[CH2-]CCC.[Hf].[I-].[I-].[I-]. The molecular weight excluding hydrogens is 667 g/mol. The Morgan fingerprint density at radius 3 is 1.85 bits per heavy atom. The minimum atomic E-state index is 0. The largest absolute Gasteiger partial charge is 1.00 e. The molecule has 0 heterocycles. The Bertz CT molecular complexity index is 91.0. The standard InChI is InChI=1S/C5H5.C4H9.Hf.3HI/c1-2-4-5-3-1;1-3-4-2;;;;/h1-3H,4H2;1,3-4H2,2H3;;3*1H/q2*-1;;;;/p-3. The Labute approximate surface area is 153 Å². The average Bonchev–Trinajstić information content (AvgIpc) is 2.43. The Morgan fingerprint density at radius 1 is 1.31 bits per heavy atom. The molecule has 1 aliphatic rings. The van der Waals surface area contributed by atoms with Gasteiger partial charge in [0.2, 0.25) is 0 Å². The van der Waals surface area contributed by atoms with Crippen LogP contribution in [0.25, 0.3) is 0 Å². The fourth-order valence-corrected chi connectivity index (χ4v) is 0.340. The third-order valence-corrected chi connectivity index (χ3v) is 0.939. The average molecular weight is 681 g/mol. The number of hydrogen-bond donors (Lipinski definition) is 0. The minimum absolute atomic E-state index is 0. The third kappa shape index (κ3) is 31.4. The summed E-state index contributed by atoms with van der Waals surface area (Å²) in [5.41, 5.74) is 0. The van der Waals surface area contributed by atoms with Crippen molar-refractivity contribution in [3.63, 3.8) is 0 Å². The fourth-order valence-electron chi connectivity index (χ4n) is 0.340. The molecule has 0 aliphatic heterocycles. The van der Waals surface area contributed by atoms with E-state index in [9.17, 15) is 0 Å². The molecule has 0 aromatic carbocycles. The quantitative estimate of drug-likeness (QED) is 0.147. The molecule has 0 saturated heterocycles. The maximum absolute atomic E-state index is 3.60. The first kappa shape index (κ1) is 29.6. The Morgan fingerprint density at radius 2 is 1.77 bits per heavy atom. The van der Waals surface area contributed by atoms with Gasteiger partial charge in [0.05, 0.1) is 0 Å². The molecule has 1 aliphatic carbocycles. The predicted molar refractivity (Wildman–Crippen MR) is 41.8 cm³/mol. The summed E-state index contributed by atoms with van der Waals surface area (Å²) in [5, 5.41) is 0. The van der Waals surface area contributed by atoms with Crippen molar-refractivity contribution in [1.82, 2.24) is 0 Å². The topological polar surface area (TPSA) is 0 Å². The summed E-state index contributed by atoms with van der Waals surface area (Å²) in [6.45, 7) is 5.72. The Kier molecular flexibility index (Phi) is 66.6. The zero-order valence-electron chi connectivity index (χ0n) is 7.69. The minimum Gasteiger partial charge on any atom is -1.00 e. The maximum Gasteiger partial charge on any atom is 0 e. The van der Waals surface area contributed by atoms with E-state index in [1.54, 1.807) is 0 Å². The molecule has 0 fully saturated rings. The van der Waals surface area contributed by atoms with Crippen LogP contribution in [0.3, 0.4) is 0 Å². The monoisotopic (exact) mass is 683 g/mol. The van der Waals surface area contributed by atoms with Crippen molar-refractivity contribution >= 4 is 0 Å². The van der Waals surface area contributed by atoms with Crippen LogP contribution in [-0.2, 0) is 25.8 Å². The van der Waals surface area contributed by atoms with Crippen molar-refractivity contribution in [3.8, 4) is 0 Å². The first-order valence-electron chi connectivity index (χ1n) is 3.42. The zero-order chi connectivity index (χ0) is 6.95. The van der Waals surface area contributed by atoms with Crippen molar-refractivity contribution in [2.24, 2.45) is 0 Å². The van der Waals surface area contributed by atoms with Crippen LogP contribution < -0.4 is 71.9 Å². The van der Waals surface area contributed by atoms with Gasteiger partial charge in [0.25, 0.3) is 0 Å². The van der Waals surface area contributed by atoms with Crippen LogP contribution in [0.5, 0.6) is 0 Å². The molecule has 0 radical (unpaired) electrons. The molecule has 0 aromatic rings. The second kappa shape index (κ2) is 29.3. The number of rotatable bonds is 1. The summed E-state index contributed by atoms with van der Waals surface area (Å²) >= 11 is 0. The zero-order valence-corrected chi connectivity index (χ0v) is 17.8. The first-order valence-corrected chi connectivity index (χ1v) is 3.42. The molecule has 0 amide bonds. The molecule has 0 N–H and O–H groups in total. The molecule has 80 valence electrons. The van der Waals surface area contributed by atoms with Crippen molar-refractivity contribution < 1.29 is 97.8 Å². The van der Waals surface area contributed by atoms with E-state index in [2.05, 4.69) is 26.0 Å². The second-order valence-electron chi connectivity index (χ2n) is 1.86. The smallest absolute Gasteiger partial charge is 0 e. The van der Waals surface area contributed by atoms with Gasteiger partial charge in [-0.2, -0.15) is 12.5 Å². The molecule has 0 nitrogen and oxygen atoms in total. The molecule has 13 heavy (non-hydrogen) atoms. The van der Waals surface area contributed by atoms with E-state index in [4.69, 9.17) is 0 Å². The van der Waals surface area contributed by atoms with Crippen LogP contribution in [0, 0.1) is 13.0 Å². The molecule has 4 heteroatoms. The van der Waals surface area contributed by atoms with E-state index < -0.39 is 0 Å². The van der Waals surface area contributed by atoms with E-state index in [1.807, 2.05) is 12.2 Å². The summed E-state index contributed by atoms with van der Waals surface area (Å²) in [4.78, 5) is 0. The van der Waals surface area contributed by atoms with Crippen LogP contribution in [-0.4, -0.2) is 0 Å². The van der Waals surface area contributed by atoms with Gasteiger partial charge in [0, 0.05) is 25.8 Å². The van der Waals surface area contributed by atoms with E-state index >= 15 is 0 Å². The molecule has 0 aromatic heterocycles. The van der Waals surface area contributed by atoms with Gasteiger partial charge in [-0.3, -0.25) is 6.08 Å². The number of hydrogen-bond acceptors (Lipinski definition) is 0. The summed E-state index contributed by atoms with van der Waals surface area (Å²) in [6, 6.07) is 0. The Hall–Kier alpha value is 2.54. The number of halogens is 3. The van der Waals surface area contributed by atoms with Crippen molar-refractivity contribution in [2.75, 3.05) is 0 Å². The molecule has 0 spiro atoms. The third-order valence-electron chi connectivity index (χ3n) is 0.939. The normalized spacial score (nSPS) is 9.08. The molecule has 0 unspecified atom stereocenters. The van der Waals surface area contributed by atoms with Crippen LogP contribution in [0.1, 0.15) is 26.2 Å². The summed E-state index contributed by atoms with van der Waals surface area (Å²) in [6.07, 6.45) is 12.3. The van der Waals surface area contributed by atoms with E-state index in [0.717, 1.165) is 12.8 Å². The second-order valence-corrected chi connectivity index (χ2v) is 1.86. The molecule has 1 rings (SSSR count). The van der Waals surface area contributed by atoms with Gasteiger partial charge in [-0.15, -0.1) is 6.42 Å². The van der Waals surface area contributed by atoms with Gasteiger partial charge >= 0.3 is 0 Å². The van der Waals surface area contributed by atoms with Gasteiger partial charge < -0.3 is 78.9 Å². The Balaban J connectivity index is -0.0000000256. The van der Waals surface area contributed by atoms with Gasteiger partial charge in [0.15, 0.2) is 0 Å².